The molecule has 31 heavy (non-hydrogen) atoms. The number of carbonyl (C=O) groups is 4. The summed E-state index contributed by atoms with van der Waals surface area (Å²) < 4.78 is 10.9. The van der Waals surface area contributed by atoms with Gasteiger partial charge in [-0.3, -0.25) is 19.8 Å². The van der Waals surface area contributed by atoms with E-state index >= 15 is 0 Å². The third kappa shape index (κ3) is 6.10. The average Bonchev–Trinajstić information content (AvgIpc) is 3.14. The standard InChI is InChI=1S/C19H31N5O6S/c1-17(2,3)29-15(27)23-10-20-13(21-11-26)14(23)22-19(9-25)7-12(31)8-24(19)16(28)30-18(4,5)6/h9-14,22,31H,7-8H2,1-6H3,(H,21,26)/t12-,13?,14?,19-/m0/s1. The molecule has 174 valence electrons. The van der Waals surface area contributed by atoms with Crippen molar-refractivity contribution in [1.29, 1.82) is 0 Å². The number of amides is 3. The topological polar surface area (TPSA) is 130 Å². The molecule has 12 heteroatoms. The van der Waals surface area contributed by atoms with Gasteiger partial charge in [0.1, 0.15) is 17.4 Å². The molecule has 0 aromatic carbocycles. The number of nitrogens with zero attached hydrogens (tertiary/aromatic N) is 3. The Morgan fingerprint density at radius 3 is 2.23 bits per heavy atom. The molecule has 3 amide bonds. The molecule has 4 atom stereocenters. The zero-order valence-corrected chi connectivity index (χ0v) is 19.5. The minimum absolute atomic E-state index is 0.148. The van der Waals surface area contributed by atoms with E-state index in [1.165, 1.54) is 11.2 Å². The van der Waals surface area contributed by atoms with Crippen molar-refractivity contribution in [3.8, 4) is 0 Å². The van der Waals surface area contributed by atoms with Crippen molar-refractivity contribution in [2.75, 3.05) is 6.54 Å². The van der Waals surface area contributed by atoms with Gasteiger partial charge in [0, 0.05) is 18.2 Å². The van der Waals surface area contributed by atoms with Gasteiger partial charge >= 0.3 is 12.2 Å². The van der Waals surface area contributed by atoms with Crippen molar-refractivity contribution < 1.29 is 28.7 Å². The molecule has 2 heterocycles. The van der Waals surface area contributed by atoms with E-state index in [9.17, 15) is 19.2 Å². The number of carbonyl (C=O) groups excluding carboxylic acids is 4. The van der Waals surface area contributed by atoms with E-state index in [0.717, 1.165) is 4.90 Å². The van der Waals surface area contributed by atoms with Gasteiger partial charge < -0.3 is 14.8 Å². The molecule has 0 radical (unpaired) electrons. The van der Waals surface area contributed by atoms with Gasteiger partial charge in [0.25, 0.3) is 0 Å². The van der Waals surface area contributed by atoms with Crippen molar-refractivity contribution >= 4 is 43.9 Å². The number of aldehydes is 1. The number of nitrogens with one attached hydrogen (secondary N) is 2. The van der Waals surface area contributed by atoms with Gasteiger partial charge in [-0.1, -0.05) is 0 Å². The summed E-state index contributed by atoms with van der Waals surface area (Å²) in [5, 5.41) is 5.20. The number of rotatable bonds is 5. The van der Waals surface area contributed by atoms with Crippen LogP contribution in [0, 0.1) is 0 Å². The lowest BCUT2D eigenvalue weighted by Gasteiger charge is -2.40. The Morgan fingerprint density at radius 1 is 1.13 bits per heavy atom. The lowest BCUT2D eigenvalue weighted by atomic mass is 10.1. The zero-order valence-electron chi connectivity index (χ0n) is 18.6. The maximum absolute atomic E-state index is 12.8. The molecule has 2 aliphatic heterocycles. The van der Waals surface area contributed by atoms with Gasteiger partial charge in [-0.2, -0.15) is 12.6 Å². The number of hydrogen-bond donors (Lipinski definition) is 3. The van der Waals surface area contributed by atoms with Crippen LogP contribution in [0.4, 0.5) is 9.59 Å². The lowest BCUT2D eigenvalue weighted by molar-refractivity contribution is -0.120. The number of likely N-dealkylation sites (tertiary alicyclic amines) is 1. The van der Waals surface area contributed by atoms with Gasteiger partial charge in [-0.05, 0) is 41.5 Å². The smallest absolute Gasteiger partial charge is 0.417 e. The van der Waals surface area contributed by atoms with Gasteiger partial charge in [0.05, 0.1) is 6.34 Å². The Hall–Kier alpha value is -2.34. The Bertz CT molecular complexity index is 749. The van der Waals surface area contributed by atoms with Crippen LogP contribution in [0.2, 0.25) is 0 Å². The van der Waals surface area contributed by atoms with E-state index < -0.39 is 41.4 Å². The molecule has 0 saturated carbocycles. The molecule has 0 aromatic heterocycles. The van der Waals surface area contributed by atoms with Crippen LogP contribution in [0.5, 0.6) is 0 Å². The van der Waals surface area contributed by atoms with E-state index in [-0.39, 0.29) is 18.2 Å². The largest absolute Gasteiger partial charge is 0.444 e. The van der Waals surface area contributed by atoms with Gasteiger partial charge in [0.2, 0.25) is 6.41 Å². The van der Waals surface area contributed by atoms with Crippen LogP contribution in [0.25, 0.3) is 0 Å². The second-order valence-corrected chi connectivity index (χ2v) is 10.2. The fourth-order valence-electron chi connectivity index (χ4n) is 3.28. The van der Waals surface area contributed by atoms with E-state index in [4.69, 9.17) is 9.47 Å². The van der Waals surface area contributed by atoms with Crippen LogP contribution in [-0.2, 0) is 19.1 Å². The first-order chi connectivity index (χ1) is 14.2. The third-order valence-corrected chi connectivity index (χ3v) is 4.77. The maximum Gasteiger partial charge on any atom is 0.417 e. The fraction of sp³-hybridized carbons (Fsp3) is 0.737. The molecular weight excluding hydrogens is 426 g/mol. The van der Waals surface area contributed by atoms with Crippen molar-refractivity contribution in [2.45, 2.75) is 82.4 Å². The second-order valence-electron chi connectivity index (χ2n) is 9.46. The highest BCUT2D eigenvalue weighted by atomic mass is 32.1. The number of thiol groups is 1. The molecule has 1 fully saturated rings. The molecule has 2 unspecified atom stereocenters. The van der Waals surface area contributed by atoms with Gasteiger partial charge in [0.15, 0.2) is 18.1 Å². The van der Waals surface area contributed by atoms with Crippen LogP contribution in [0.15, 0.2) is 4.99 Å². The predicted molar refractivity (Wildman–Crippen MR) is 116 cm³/mol. The molecule has 0 bridgehead atoms. The van der Waals surface area contributed by atoms with Crippen molar-refractivity contribution in [1.82, 2.24) is 20.4 Å². The first kappa shape index (κ1) is 24.9. The highest BCUT2D eigenvalue weighted by molar-refractivity contribution is 7.81. The summed E-state index contributed by atoms with van der Waals surface area (Å²) in [6, 6.07) is 0. The van der Waals surface area contributed by atoms with E-state index in [0.29, 0.717) is 12.7 Å². The first-order valence-corrected chi connectivity index (χ1v) is 10.4. The lowest BCUT2D eigenvalue weighted by Crippen LogP contribution is -2.67. The molecule has 2 rings (SSSR count). The van der Waals surface area contributed by atoms with E-state index in [1.807, 2.05) is 0 Å². The quantitative estimate of drug-likeness (QED) is 0.416. The maximum atomic E-state index is 12.8. The number of hydrogen-bond acceptors (Lipinski definition) is 9. The van der Waals surface area contributed by atoms with Crippen LogP contribution in [0.1, 0.15) is 48.0 Å². The highest BCUT2D eigenvalue weighted by Gasteiger charge is 2.52. The van der Waals surface area contributed by atoms with Crippen molar-refractivity contribution in [2.24, 2.45) is 4.99 Å². The zero-order chi connectivity index (χ0) is 23.6. The van der Waals surface area contributed by atoms with Crippen molar-refractivity contribution in [3.05, 3.63) is 0 Å². The molecule has 2 N–H and O–H groups in total. The Kier molecular flexibility index (Phi) is 7.26. The molecule has 0 aromatic rings. The number of aliphatic imine (C=N–C) groups is 1. The molecule has 1 saturated heterocycles. The highest BCUT2D eigenvalue weighted by Crippen LogP contribution is 2.32. The summed E-state index contributed by atoms with van der Waals surface area (Å²) >= 11 is 4.45. The summed E-state index contributed by atoms with van der Waals surface area (Å²) in [5.41, 5.74) is -3.09. The third-order valence-electron chi connectivity index (χ3n) is 4.42. The average molecular weight is 458 g/mol. The van der Waals surface area contributed by atoms with Gasteiger partial charge in [-0.15, -0.1) is 0 Å². The van der Waals surface area contributed by atoms with Crippen LogP contribution >= 0.6 is 12.6 Å². The van der Waals surface area contributed by atoms with Gasteiger partial charge in [-0.25, -0.2) is 19.5 Å². The Balaban J connectivity index is 2.35. The van der Waals surface area contributed by atoms with E-state index in [1.54, 1.807) is 41.5 Å². The summed E-state index contributed by atoms with van der Waals surface area (Å²) in [6.07, 6.45) is -0.932. The SMILES string of the molecule is CC(C)(C)OC(=O)N1C=NC(NC=O)C1N[C@@]1(C=O)C[C@H](S)CN1C(=O)OC(C)(C)C. The molecule has 11 nitrogen and oxygen atoms in total. The first-order valence-electron chi connectivity index (χ1n) is 9.88. The number of ether oxygens (including phenoxy) is 2. The monoisotopic (exact) mass is 457 g/mol. The van der Waals surface area contributed by atoms with E-state index in [2.05, 4.69) is 28.3 Å². The summed E-state index contributed by atoms with van der Waals surface area (Å²) in [4.78, 5) is 55.4. The normalized spacial score (nSPS) is 28.4. The Morgan fingerprint density at radius 2 is 1.71 bits per heavy atom. The molecule has 0 aliphatic carbocycles. The van der Waals surface area contributed by atoms with Crippen LogP contribution < -0.4 is 10.6 Å². The fourth-order valence-corrected chi connectivity index (χ4v) is 3.72. The predicted octanol–water partition coefficient (Wildman–Crippen LogP) is 1.09. The van der Waals surface area contributed by atoms with Crippen LogP contribution in [-0.4, -0.2) is 82.0 Å². The second kappa shape index (κ2) is 9.03. The summed E-state index contributed by atoms with van der Waals surface area (Å²) in [5.74, 6) is 0. The van der Waals surface area contributed by atoms with Crippen LogP contribution in [0.3, 0.4) is 0 Å². The molecule has 0 spiro atoms. The molecule has 2 aliphatic rings. The minimum Gasteiger partial charge on any atom is -0.444 e. The summed E-state index contributed by atoms with van der Waals surface area (Å²) in [7, 11) is 0. The summed E-state index contributed by atoms with van der Waals surface area (Å²) in [6.45, 7) is 10.4. The molecular formula is C19H31N5O6S. The minimum atomic E-state index is -1.53. The van der Waals surface area contributed by atoms with Crippen molar-refractivity contribution in [3.63, 3.8) is 0 Å². The Labute approximate surface area is 187 Å².